The van der Waals surface area contributed by atoms with Crippen LogP contribution in [-0.4, -0.2) is 19.6 Å². The molecule has 0 radical (unpaired) electrons. The number of halogens is 2. The molecule has 0 saturated heterocycles. The predicted molar refractivity (Wildman–Crippen MR) is 83.2 cm³/mol. The molecule has 3 aromatic rings. The molecule has 0 fully saturated rings. The molecule has 0 aliphatic heterocycles. The van der Waals surface area contributed by atoms with Crippen LogP contribution in [-0.2, 0) is 6.42 Å². The van der Waals surface area contributed by atoms with Crippen LogP contribution < -0.4 is 5.56 Å². The molecule has 0 amide bonds. The second-order valence-electron chi connectivity index (χ2n) is 4.66. The molecule has 0 atom stereocenters. The molecular formula is C14H12Cl2N4O. The first-order valence-electron chi connectivity index (χ1n) is 6.45. The number of H-pyrrole nitrogens is 1. The van der Waals surface area contributed by atoms with Crippen LogP contribution in [0.5, 0.6) is 0 Å². The van der Waals surface area contributed by atoms with Crippen LogP contribution in [0, 0.1) is 6.92 Å². The lowest BCUT2D eigenvalue weighted by molar-refractivity contribution is 0.942. The van der Waals surface area contributed by atoms with Gasteiger partial charge in [0.25, 0.3) is 5.56 Å². The minimum atomic E-state index is -0.130. The number of aromatic amines is 1. The summed E-state index contributed by atoms with van der Waals surface area (Å²) in [5.41, 5.74) is 1.87. The van der Waals surface area contributed by atoms with Crippen molar-refractivity contribution in [1.82, 2.24) is 19.6 Å². The van der Waals surface area contributed by atoms with E-state index in [-0.39, 0.29) is 5.56 Å². The zero-order valence-electron chi connectivity index (χ0n) is 11.4. The SMILES string of the molecule is CCc1c(C)nc2[nH]nc(-c3ccc(Cl)cc3Cl)n2c1=O. The Kier molecular flexibility index (Phi) is 3.47. The van der Waals surface area contributed by atoms with Crippen molar-refractivity contribution in [3.8, 4) is 11.4 Å². The lowest BCUT2D eigenvalue weighted by Gasteiger charge is -2.05. The van der Waals surface area contributed by atoms with E-state index in [1.165, 1.54) is 4.40 Å². The maximum atomic E-state index is 12.6. The second kappa shape index (κ2) is 5.16. The Labute approximate surface area is 130 Å². The van der Waals surface area contributed by atoms with Gasteiger partial charge in [-0.1, -0.05) is 30.1 Å². The van der Waals surface area contributed by atoms with Gasteiger partial charge >= 0.3 is 0 Å². The number of hydrogen-bond donors (Lipinski definition) is 1. The van der Waals surface area contributed by atoms with Gasteiger partial charge in [0, 0.05) is 16.1 Å². The van der Waals surface area contributed by atoms with Gasteiger partial charge in [-0.3, -0.25) is 4.79 Å². The van der Waals surface area contributed by atoms with Crippen LogP contribution in [0.3, 0.4) is 0 Å². The van der Waals surface area contributed by atoms with Crippen molar-refractivity contribution in [2.24, 2.45) is 0 Å². The average Bonchev–Trinajstić information content (AvgIpc) is 2.83. The molecule has 3 rings (SSSR count). The highest BCUT2D eigenvalue weighted by Crippen LogP contribution is 2.28. The van der Waals surface area contributed by atoms with Crippen molar-refractivity contribution in [2.75, 3.05) is 0 Å². The summed E-state index contributed by atoms with van der Waals surface area (Å²) in [6.45, 7) is 3.74. The lowest BCUT2D eigenvalue weighted by Crippen LogP contribution is -2.21. The van der Waals surface area contributed by atoms with Crippen LogP contribution in [0.4, 0.5) is 0 Å². The van der Waals surface area contributed by atoms with Gasteiger partial charge in [0.15, 0.2) is 5.82 Å². The molecule has 0 aliphatic rings. The lowest BCUT2D eigenvalue weighted by atomic mass is 10.2. The molecular weight excluding hydrogens is 311 g/mol. The van der Waals surface area contributed by atoms with E-state index in [0.29, 0.717) is 44.9 Å². The van der Waals surface area contributed by atoms with E-state index in [2.05, 4.69) is 15.2 Å². The monoisotopic (exact) mass is 322 g/mol. The van der Waals surface area contributed by atoms with E-state index in [4.69, 9.17) is 23.2 Å². The fourth-order valence-corrected chi connectivity index (χ4v) is 2.84. The van der Waals surface area contributed by atoms with E-state index < -0.39 is 0 Å². The first kappa shape index (κ1) is 14.1. The summed E-state index contributed by atoms with van der Waals surface area (Å²) in [5.74, 6) is 0.828. The van der Waals surface area contributed by atoms with Gasteiger partial charge in [0.2, 0.25) is 5.78 Å². The summed E-state index contributed by atoms with van der Waals surface area (Å²) >= 11 is 12.1. The standard InChI is InChI=1S/C14H12Cl2N4O/c1-3-9-7(2)17-14-19-18-12(20(14)13(9)21)10-5-4-8(15)6-11(10)16/h4-6H,3H2,1-2H3,(H,17,19). The van der Waals surface area contributed by atoms with Crippen LogP contribution in [0.15, 0.2) is 23.0 Å². The van der Waals surface area contributed by atoms with Crippen molar-refractivity contribution in [1.29, 1.82) is 0 Å². The Morgan fingerprint density at radius 1 is 1.33 bits per heavy atom. The van der Waals surface area contributed by atoms with E-state index in [1.807, 2.05) is 13.8 Å². The first-order chi connectivity index (χ1) is 10.0. The molecule has 0 unspecified atom stereocenters. The van der Waals surface area contributed by atoms with Crippen molar-refractivity contribution in [3.05, 3.63) is 49.9 Å². The minimum Gasteiger partial charge on any atom is -0.268 e. The topological polar surface area (TPSA) is 63.1 Å². The van der Waals surface area contributed by atoms with Gasteiger partial charge in [-0.15, -0.1) is 0 Å². The van der Waals surface area contributed by atoms with Gasteiger partial charge in [-0.2, -0.15) is 5.10 Å². The average molecular weight is 323 g/mol. The van der Waals surface area contributed by atoms with Gasteiger partial charge < -0.3 is 0 Å². The molecule has 0 spiro atoms. The number of rotatable bonds is 2. The van der Waals surface area contributed by atoms with E-state index in [9.17, 15) is 4.79 Å². The van der Waals surface area contributed by atoms with Crippen molar-refractivity contribution in [2.45, 2.75) is 20.3 Å². The van der Waals surface area contributed by atoms with Crippen molar-refractivity contribution in [3.63, 3.8) is 0 Å². The molecule has 0 aliphatic carbocycles. The maximum Gasteiger partial charge on any atom is 0.264 e. The number of hydrogen-bond acceptors (Lipinski definition) is 3. The molecule has 1 aromatic carbocycles. The summed E-state index contributed by atoms with van der Waals surface area (Å²) in [6.07, 6.45) is 0.611. The van der Waals surface area contributed by atoms with Crippen molar-refractivity contribution >= 4 is 29.0 Å². The molecule has 108 valence electrons. The summed E-state index contributed by atoms with van der Waals surface area (Å²) in [4.78, 5) is 17.0. The number of benzene rings is 1. The normalized spacial score (nSPS) is 11.2. The quantitative estimate of drug-likeness (QED) is 0.787. The third kappa shape index (κ3) is 2.22. The second-order valence-corrected chi connectivity index (χ2v) is 5.51. The summed E-state index contributed by atoms with van der Waals surface area (Å²) < 4.78 is 1.45. The molecule has 5 nitrogen and oxygen atoms in total. The van der Waals surface area contributed by atoms with E-state index in [0.717, 1.165) is 0 Å². The largest absolute Gasteiger partial charge is 0.268 e. The third-order valence-corrected chi connectivity index (χ3v) is 3.93. The zero-order chi connectivity index (χ0) is 15.1. The Hall–Kier alpha value is -1.85. The van der Waals surface area contributed by atoms with Gasteiger partial charge in [0.1, 0.15) is 0 Å². The summed E-state index contributed by atoms with van der Waals surface area (Å²) in [5, 5.41) is 7.91. The molecule has 0 bridgehead atoms. The Balaban J connectivity index is 2.37. The minimum absolute atomic E-state index is 0.130. The predicted octanol–water partition coefficient (Wildman–Crippen LogP) is 3.26. The van der Waals surface area contributed by atoms with Crippen molar-refractivity contribution < 1.29 is 0 Å². The molecule has 2 heterocycles. The Bertz CT molecular complexity index is 898. The Morgan fingerprint density at radius 3 is 2.76 bits per heavy atom. The highest BCUT2D eigenvalue weighted by atomic mass is 35.5. The fourth-order valence-electron chi connectivity index (χ4n) is 2.35. The highest BCUT2D eigenvalue weighted by Gasteiger charge is 2.17. The smallest absolute Gasteiger partial charge is 0.264 e. The van der Waals surface area contributed by atoms with Crippen LogP contribution in [0.2, 0.25) is 10.0 Å². The van der Waals surface area contributed by atoms with E-state index in [1.54, 1.807) is 18.2 Å². The van der Waals surface area contributed by atoms with Crippen LogP contribution in [0.1, 0.15) is 18.2 Å². The third-order valence-electron chi connectivity index (χ3n) is 3.38. The van der Waals surface area contributed by atoms with Gasteiger partial charge in [-0.25, -0.2) is 14.5 Å². The Morgan fingerprint density at radius 2 is 2.10 bits per heavy atom. The summed E-state index contributed by atoms with van der Waals surface area (Å²) in [6, 6.07) is 5.06. The number of nitrogens with zero attached hydrogens (tertiary/aromatic N) is 3. The molecule has 7 heteroatoms. The number of aryl methyl sites for hydroxylation is 1. The number of fused-ring (bicyclic) bond motifs is 1. The first-order valence-corrected chi connectivity index (χ1v) is 7.20. The number of aromatic nitrogens is 4. The van der Waals surface area contributed by atoms with Gasteiger partial charge in [0.05, 0.1) is 10.7 Å². The summed E-state index contributed by atoms with van der Waals surface area (Å²) in [7, 11) is 0. The molecule has 1 N–H and O–H groups in total. The van der Waals surface area contributed by atoms with Gasteiger partial charge in [-0.05, 0) is 31.5 Å². The maximum absolute atomic E-state index is 12.6. The van der Waals surface area contributed by atoms with E-state index >= 15 is 0 Å². The highest BCUT2D eigenvalue weighted by molar-refractivity contribution is 6.36. The van der Waals surface area contributed by atoms with Crippen LogP contribution in [0.25, 0.3) is 17.2 Å². The molecule has 2 aromatic heterocycles. The zero-order valence-corrected chi connectivity index (χ0v) is 13.0. The number of nitrogens with one attached hydrogen (secondary N) is 1. The fraction of sp³-hybridized carbons (Fsp3) is 0.214. The molecule has 0 saturated carbocycles. The molecule has 21 heavy (non-hydrogen) atoms. The van der Waals surface area contributed by atoms with Crippen LogP contribution >= 0.6 is 23.2 Å².